The highest BCUT2D eigenvalue weighted by Gasteiger charge is 2.44. The zero-order valence-corrected chi connectivity index (χ0v) is 40.2. The van der Waals surface area contributed by atoms with E-state index in [2.05, 4.69) is 60.9 Å². The number of hydrogen-bond donors (Lipinski definition) is 5. The van der Waals surface area contributed by atoms with Crippen molar-refractivity contribution in [1.29, 1.82) is 10.5 Å². The van der Waals surface area contributed by atoms with Gasteiger partial charge in [-0.1, -0.05) is 47.5 Å². The van der Waals surface area contributed by atoms with Crippen LogP contribution in [0.15, 0.2) is 134 Å². The summed E-state index contributed by atoms with van der Waals surface area (Å²) in [6.07, 6.45) is 1.97. The molecule has 8 aromatic rings. The average molecular weight is 1060 g/mol. The van der Waals surface area contributed by atoms with Crippen LogP contribution in [0.2, 0.25) is 10.0 Å². The van der Waals surface area contributed by atoms with Crippen LogP contribution < -0.4 is 40.6 Å². The first kappa shape index (κ1) is 51.9. The van der Waals surface area contributed by atoms with Gasteiger partial charge in [-0.05, 0) is 85.6 Å². The molecule has 6 N–H and O–H groups in total. The quantitative estimate of drug-likeness (QED) is 0.0754. The molecule has 0 saturated carbocycles. The number of carboxylic acid groups (broad SMARTS) is 1. The molecule has 6 heterocycles. The zero-order chi connectivity index (χ0) is 53.6. The number of fused-ring (bicyclic) bond motifs is 2. The van der Waals surface area contributed by atoms with Crippen LogP contribution in [0.1, 0.15) is 55.1 Å². The lowest BCUT2D eigenvalue weighted by Crippen LogP contribution is -2.27. The van der Waals surface area contributed by atoms with Crippen LogP contribution in [0, 0.1) is 36.5 Å². The number of ether oxygens (including phenoxy) is 4. The van der Waals surface area contributed by atoms with Gasteiger partial charge in [0.15, 0.2) is 23.0 Å². The van der Waals surface area contributed by atoms with Crippen LogP contribution in [0.5, 0.6) is 23.0 Å². The highest BCUT2D eigenvalue weighted by Crippen LogP contribution is 2.44. The molecule has 10 rings (SSSR count). The molecule has 2 aliphatic rings. The minimum absolute atomic E-state index is 0.0652. The fourth-order valence-corrected chi connectivity index (χ4v) is 7.40. The van der Waals surface area contributed by atoms with Crippen LogP contribution in [-0.2, 0) is 0 Å². The van der Waals surface area contributed by atoms with Gasteiger partial charge in [0, 0.05) is 81.9 Å². The van der Waals surface area contributed by atoms with Crippen molar-refractivity contribution in [3.63, 3.8) is 0 Å². The molecule has 2 aliphatic heterocycles. The number of aromatic carboxylic acids is 1. The van der Waals surface area contributed by atoms with Gasteiger partial charge in [-0.15, -0.1) is 17.6 Å². The van der Waals surface area contributed by atoms with Crippen LogP contribution in [-0.4, -0.2) is 58.6 Å². The lowest BCUT2D eigenvalue weighted by molar-refractivity contribution is -0.287. The molecule has 25 heteroatoms. The summed E-state index contributed by atoms with van der Waals surface area (Å²) in [6.45, 7) is 3.58. The number of aromatic nitrogens is 6. The molecule has 75 heavy (non-hydrogen) atoms. The van der Waals surface area contributed by atoms with E-state index in [4.69, 9.17) is 39.3 Å². The van der Waals surface area contributed by atoms with E-state index in [0.717, 1.165) is 11.1 Å². The van der Waals surface area contributed by atoms with Crippen molar-refractivity contribution in [2.24, 2.45) is 5.73 Å². The predicted octanol–water partition coefficient (Wildman–Crippen LogP) is 10.5. The maximum Gasteiger partial charge on any atom is 0.586 e. The molecule has 0 saturated heterocycles. The fraction of sp³-hybridized carbons (Fsp3) is 0.120. The second-order valence-electron chi connectivity index (χ2n) is 16.0. The summed E-state index contributed by atoms with van der Waals surface area (Å²) in [4.78, 5) is 41.1. The van der Waals surface area contributed by atoms with E-state index in [-0.39, 0.29) is 40.5 Å². The molecule has 380 valence electrons. The summed E-state index contributed by atoms with van der Waals surface area (Å²) in [7, 11) is 0. The van der Waals surface area contributed by atoms with E-state index in [9.17, 15) is 32.4 Å². The number of aryl methyl sites for hydroxylation is 2. The number of nitriles is 2. The topological polar surface area (TPSA) is 262 Å². The summed E-state index contributed by atoms with van der Waals surface area (Å²) in [6, 6.07) is 27.7. The number of alkyl halides is 4. The summed E-state index contributed by atoms with van der Waals surface area (Å²) in [5, 5.41) is 36.6. The van der Waals surface area contributed by atoms with Gasteiger partial charge in [-0.25, -0.2) is 14.8 Å². The second-order valence-corrected chi connectivity index (χ2v) is 16.9. The number of benzene rings is 4. The van der Waals surface area contributed by atoms with E-state index in [1.54, 1.807) is 109 Å². The highest BCUT2D eigenvalue weighted by molar-refractivity contribution is 6.30. The summed E-state index contributed by atoms with van der Waals surface area (Å²) in [5.41, 5.74) is 9.46. The third-order valence-electron chi connectivity index (χ3n) is 10.5. The third-order valence-corrected chi connectivity index (χ3v) is 11.0. The molecule has 0 aliphatic carbocycles. The molecule has 2 atom stereocenters. The number of carbonyl (C=O) groups excluding carboxylic acids is 1. The first-order valence-electron chi connectivity index (χ1n) is 21.7. The number of halogens is 6. The molecule has 2 unspecified atom stereocenters. The first-order chi connectivity index (χ1) is 35.7. The minimum Gasteiger partial charge on any atom is -0.478 e. The molecule has 4 aromatic heterocycles. The van der Waals surface area contributed by atoms with Gasteiger partial charge in [0.2, 0.25) is 11.9 Å². The van der Waals surface area contributed by atoms with Gasteiger partial charge in [-0.2, -0.15) is 20.5 Å². The van der Waals surface area contributed by atoms with E-state index < -0.39 is 36.5 Å². The highest BCUT2D eigenvalue weighted by atomic mass is 35.5. The number of hydrogen-bond acceptors (Lipinski definition) is 15. The van der Waals surface area contributed by atoms with Gasteiger partial charge < -0.3 is 54.9 Å². The number of rotatable bonds is 11. The first-order valence-corrected chi connectivity index (χ1v) is 22.5. The molecule has 0 spiro atoms. The van der Waals surface area contributed by atoms with Crippen molar-refractivity contribution in [3.05, 3.63) is 178 Å². The molecule has 0 fully saturated rings. The summed E-state index contributed by atoms with van der Waals surface area (Å²) in [5.74, 6) is -0.502. The van der Waals surface area contributed by atoms with Crippen molar-refractivity contribution in [2.45, 2.75) is 38.5 Å². The molecule has 0 radical (unpaired) electrons. The lowest BCUT2D eigenvalue weighted by atomic mass is 10.1. The van der Waals surface area contributed by atoms with Crippen LogP contribution in [0.25, 0.3) is 11.6 Å². The number of carbonyl (C=O) groups is 2. The molecular formula is C50H36Cl2F4N12O7. The Morgan fingerprint density at radius 2 is 1.13 bits per heavy atom. The van der Waals surface area contributed by atoms with E-state index >= 15 is 0 Å². The number of amides is 1. The van der Waals surface area contributed by atoms with Crippen molar-refractivity contribution in [3.8, 4) is 46.8 Å². The van der Waals surface area contributed by atoms with Crippen LogP contribution in [0.4, 0.5) is 40.8 Å². The van der Waals surface area contributed by atoms with Crippen LogP contribution in [0.3, 0.4) is 0 Å². The number of anilines is 4. The van der Waals surface area contributed by atoms with Gasteiger partial charge in [0.05, 0.1) is 23.3 Å². The van der Waals surface area contributed by atoms with Crippen molar-refractivity contribution in [2.75, 3.05) is 10.6 Å². The summed E-state index contributed by atoms with van der Waals surface area (Å²) < 4.78 is 73.6. The van der Waals surface area contributed by atoms with E-state index in [0.29, 0.717) is 49.7 Å². The third kappa shape index (κ3) is 12.8. The van der Waals surface area contributed by atoms with Gasteiger partial charge in [0.1, 0.15) is 23.7 Å². The number of nitrogens with zero attached hydrogens (tertiary/aromatic N) is 8. The van der Waals surface area contributed by atoms with Crippen molar-refractivity contribution in [1.82, 2.24) is 34.4 Å². The number of nitrogens with two attached hydrogens (primary N) is 1. The number of carboxylic acids is 1. The molecule has 19 nitrogen and oxygen atoms in total. The predicted molar refractivity (Wildman–Crippen MR) is 262 cm³/mol. The monoisotopic (exact) mass is 1060 g/mol. The second kappa shape index (κ2) is 21.7. The molecular weight excluding hydrogens is 1030 g/mol. The van der Waals surface area contributed by atoms with Gasteiger partial charge >= 0.3 is 18.6 Å². The zero-order valence-electron chi connectivity index (χ0n) is 38.7. The smallest absolute Gasteiger partial charge is 0.478 e. The molecule has 4 aromatic carbocycles. The SMILES string of the molecule is Cc1cnc(Nc2ccc3c(c2)OC(F)(F)O3)nc1-n1ccc(C(=O)NC(C#N)c2cccc(Cl)c2)c1.Cc1cnc(Nc2ccc3c(c2)OC(F)(F)O3)nc1-n1ccc(C(=O)O)c1.N#CC(N)c1cccc(Cl)c1. The Labute approximate surface area is 432 Å². The standard InChI is InChI=1S/C25H17ClF2N6O3.C17H12F2N4O4.C8H7ClN2/c1-14-12-30-24(31-18-5-6-20-21(10-18)37-25(27,28)36-20)33-22(14)34-8-7-16(13-34)23(35)32-19(11-29)15-3-2-4-17(26)9-15;1-9-7-20-16(22-14(9)23-5-4-10(8-23)15(24)25)21-11-2-3-12-13(6-11)27-17(18,19)26-12;9-7-3-1-2-6(4-7)8(11)5-10/h2-10,12-13,19H,1H3,(H,32,35)(H,30,31,33);2-8H,1H3,(H,24,25)(H,20,21,22);1-4,8H,11H2. The molecule has 0 bridgehead atoms. The number of nitrogens with one attached hydrogen (secondary N) is 3. The van der Waals surface area contributed by atoms with E-state index in [1.165, 1.54) is 48.7 Å². The van der Waals surface area contributed by atoms with Crippen LogP contribution >= 0.6 is 23.2 Å². The lowest BCUT2D eigenvalue weighted by Gasteiger charge is -2.12. The minimum atomic E-state index is -3.71. The summed E-state index contributed by atoms with van der Waals surface area (Å²) >= 11 is 11.7. The maximum atomic E-state index is 13.3. The Bertz CT molecular complexity index is 3550. The van der Waals surface area contributed by atoms with E-state index in [1.807, 2.05) is 6.07 Å². The Balaban J connectivity index is 0.000000171. The normalized spacial score (nSPS) is 13.8. The Hall–Kier alpha value is -9.42. The maximum absolute atomic E-state index is 13.3. The molecule has 1 amide bonds. The van der Waals surface area contributed by atoms with Crippen molar-refractivity contribution >= 4 is 58.3 Å². The largest absolute Gasteiger partial charge is 0.586 e. The van der Waals surface area contributed by atoms with Crippen molar-refractivity contribution < 1.29 is 51.2 Å². The Kier molecular flexibility index (Phi) is 15.1. The average Bonchev–Trinajstić information content (AvgIpc) is 4.19. The Morgan fingerprint density at radius 3 is 1.60 bits per heavy atom. The van der Waals surface area contributed by atoms with Gasteiger partial charge in [-0.3, -0.25) is 4.79 Å². The Morgan fingerprint density at radius 1 is 0.667 bits per heavy atom. The fourth-order valence-electron chi connectivity index (χ4n) is 7.00. The van der Waals surface area contributed by atoms with Gasteiger partial charge in [0.25, 0.3) is 5.91 Å².